The fourth-order valence-corrected chi connectivity index (χ4v) is 2.05. The van der Waals surface area contributed by atoms with E-state index in [0.717, 1.165) is 11.4 Å². The summed E-state index contributed by atoms with van der Waals surface area (Å²) in [4.78, 5) is 13.6. The van der Waals surface area contributed by atoms with Gasteiger partial charge in [-0.1, -0.05) is 18.2 Å². The van der Waals surface area contributed by atoms with E-state index in [1.165, 1.54) is 11.0 Å². The summed E-state index contributed by atoms with van der Waals surface area (Å²) in [6.45, 7) is 4.22. The molecule has 0 bridgehead atoms. The topological polar surface area (TPSA) is 38.1 Å². The van der Waals surface area contributed by atoms with Crippen molar-refractivity contribution in [3.63, 3.8) is 0 Å². The summed E-state index contributed by atoms with van der Waals surface area (Å²) < 4.78 is 15.2. The van der Waals surface area contributed by atoms with E-state index in [-0.39, 0.29) is 24.8 Å². The first-order valence-corrected chi connectivity index (χ1v) is 6.46. The zero-order chi connectivity index (χ0) is 14.7. The van der Waals surface area contributed by atoms with Gasteiger partial charge in [0.2, 0.25) is 5.91 Å². The lowest BCUT2D eigenvalue weighted by molar-refractivity contribution is -0.131. The van der Waals surface area contributed by atoms with Gasteiger partial charge >= 0.3 is 0 Å². The van der Waals surface area contributed by atoms with Gasteiger partial charge < -0.3 is 4.90 Å². The molecule has 0 aliphatic carbocycles. The second kappa shape index (κ2) is 5.86. The van der Waals surface area contributed by atoms with Crippen LogP contribution < -0.4 is 0 Å². The Balaban J connectivity index is 2.02. The highest BCUT2D eigenvalue weighted by molar-refractivity contribution is 5.75. The lowest BCUT2D eigenvalue weighted by Gasteiger charge is -2.18. The number of aryl methyl sites for hydroxylation is 2. The van der Waals surface area contributed by atoms with Gasteiger partial charge in [0.1, 0.15) is 12.4 Å². The van der Waals surface area contributed by atoms with Crippen LogP contribution in [0.2, 0.25) is 0 Å². The van der Waals surface area contributed by atoms with Gasteiger partial charge in [-0.2, -0.15) is 5.10 Å². The molecule has 0 aliphatic heterocycles. The van der Waals surface area contributed by atoms with Crippen LogP contribution in [0.15, 0.2) is 30.3 Å². The minimum atomic E-state index is -0.293. The van der Waals surface area contributed by atoms with Gasteiger partial charge in [-0.25, -0.2) is 4.39 Å². The number of hydrogen-bond acceptors (Lipinski definition) is 2. The molecule has 1 heterocycles. The van der Waals surface area contributed by atoms with Crippen LogP contribution in [-0.2, 0) is 17.9 Å². The zero-order valence-electron chi connectivity index (χ0n) is 11.9. The first-order chi connectivity index (χ1) is 9.47. The van der Waals surface area contributed by atoms with Crippen LogP contribution in [0.4, 0.5) is 4.39 Å². The van der Waals surface area contributed by atoms with Gasteiger partial charge in [-0.15, -0.1) is 0 Å². The number of aromatic nitrogens is 2. The summed E-state index contributed by atoms with van der Waals surface area (Å²) in [6, 6.07) is 8.40. The molecule has 0 saturated heterocycles. The van der Waals surface area contributed by atoms with Crippen molar-refractivity contribution in [1.82, 2.24) is 14.7 Å². The number of halogens is 1. The van der Waals surface area contributed by atoms with E-state index in [0.29, 0.717) is 5.56 Å². The monoisotopic (exact) mass is 275 g/mol. The highest BCUT2D eigenvalue weighted by Crippen LogP contribution is 2.10. The number of rotatable bonds is 4. The average Bonchev–Trinajstić information content (AvgIpc) is 2.70. The van der Waals surface area contributed by atoms with E-state index < -0.39 is 0 Å². The molecule has 0 saturated carbocycles. The largest absolute Gasteiger partial charge is 0.340 e. The van der Waals surface area contributed by atoms with Crippen molar-refractivity contribution in [1.29, 1.82) is 0 Å². The molecule has 0 N–H and O–H groups in total. The maximum atomic E-state index is 13.6. The Hall–Kier alpha value is -2.17. The number of carbonyl (C=O) groups is 1. The van der Waals surface area contributed by atoms with E-state index in [1.807, 2.05) is 19.9 Å². The molecule has 0 fully saturated rings. The lowest BCUT2D eigenvalue weighted by Crippen LogP contribution is -2.30. The second-order valence-corrected chi connectivity index (χ2v) is 4.93. The highest BCUT2D eigenvalue weighted by atomic mass is 19.1. The van der Waals surface area contributed by atoms with E-state index in [1.54, 1.807) is 29.9 Å². The first-order valence-electron chi connectivity index (χ1n) is 6.46. The molecule has 0 radical (unpaired) electrons. The highest BCUT2D eigenvalue weighted by Gasteiger charge is 2.13. The molecule has 5 heteroatoms. The molecule has 2 rings (SSSR count). The molecule has 20 heavy (non-hydrogen) atoms. The third kappa shape index (κ3) is 3.23. The van der Waals surface area contributed by atoms with Crippen molar-refractivity contribution >= 4 is 5.91 Å². The molecule has 0 atom stereocenters. The maximum absolute atomic E-state index is 13.6. The third-order valence-electron chi connectivity index (χ3n) is 3.18. The summed E-state index contributed by atoms with van der Waals surface area (Å²) in [5.41, 5.74) is 2.33. The van der Waals surface area contributed by atoms with Crippen molar-refractivity contribution in [2.24, 2.45) is 0 Å². The molecule has 2 aromatic rings. The van der Waals surface area contributed by atoms with E-state index >= 15 is 0 Å². The van der Waals surface area contributed by atoms with Gasteiger partial charge in [0.05, 0.1) is 5.69 Å². The van der Waals surface area contributed by atoms with Gasteiger partial charge in [-0.3, -0.25) is 9.48 Å². The Bertz CT molecular complexity index is 621. The number of likely N-dealkylation sites (N-methyl/N-ethyl adjacent to an activating group) is 1. The summed E-state index contributed by atoms with van der Waals surface area (Å²) in [5, 5.41) is 4.25. The summed E-state index contributed by atoms with van der Waals surface area (Å²) >= 11 is 0. The normalized spacial score (nSPS) is 10.6. The number of amides is 1. The van der Waals surface area contributed by atoms with Crippen molar-refractivity contribution < 1.29 is 9.18 Å². The van der Waals surface area contributed by atoms with Gasteiger partial charge in [-0.05, 0) is 26.0 Å². The third-order valence-corrected chi connectivity index (χ3v) is 3.18. The van der Waals surface area contributed by atoms with Gasteiger partial charge in [0, 0.05) is 24.8 Å². The minimum absolute atomic E-state index is 0.0977. The van der Waals surface area contributed by atoms with Crippen LogP contribution in [-0.4, -0.2) is 27.6 Å². The number of nitrogens with zero attached hydrogens (tertiary/aromatic N) is 3. The van der Waals surface area contributed by atoms with Crippen molar-refractivity contribution in [2.75, 3.05) is 7.05 Å². The predicted octanol–water partition coefficient (Wildman–Crippen LogP) is 2.30. The van der Waals surface area contributed by atoms with Crippen LogP contribution >= 0.6 is 0 Å². The molecular weight excluding hydrogens is 257 g/mol. The Morgan fingerprint density at radius 1 is 1.35 bits per heavy atom. The molecule has 1 aromatic heterocycles. The van der Waals surface area contributed by atoms with Crippen molar-refractivity contribution in [3.05, 3.63) is 53.1 Å². The Morgan fingerprint density at radius 2 is 2.05 bits per heavy atom. The molecule has 0 spiro atoms. The van der Waals surface area contributed by atoms with E-state index in [2.05, 4.69) is 5.10 Å². The van der Waals surface area contributed by atoms with Crippen LogP contribution in [0.1, 0.15) is 17.0 Å². The summed E-state index contributed by atoms with van der Waals surface area (Å²) in [5.74, 6) is -0.391. The molecule has 1 aromatic carbocycles. The number of carbonyl (C=O) groups excluding carboxylic acids is 1. The van der Waals surface area contributed by atoms with Crippen molar-refractivity contribution in [2.45, 2.75) is 26.9 Å². The summed E-state index contributed by atoms with van der Waals surface area (Å²) in [7, 11) is 1.67. The van der Waals surface area contributed by atoms with Crippen molar-refractivity contribution in [3.8, 4) is 0 Å². The molecule has 0 unspecified atom stereocenters. The SMILES string of the molecule is Cc1cc(C)n(CC(=O)N(C)Cc2ccccc2F)n1. The van der Waals surface area contributed by atoms with Crippen LogP contribution in [0.5, 0.6) is 0 Å². The molecular formula is C15H18FN3O. The Labute approximate surface area is 117 Å². The quantitative estimate of drug-likeness (QED) is 0.858. The lowest BCUT2D eigenvalue weighted by atomic mass is 10.2. The summed E-state index contributed by atoms with van der Waals surface area (Å²) in [6.07, 6.45) is 0. The Morgan fingerprint density at radius 3 is 2.65 bits per heavy atom. The van der Waals surface area contributed by atoms with Crippen LogP contribution in [0.25, 0.3) is 0 Å². The van der Waals surface area contributed by atoms with E-state index in [9.17, 15) is 9.18 Å². The fourth-order valence-electron chi connectivity index (χ4n) is 2.05. The van der Waals surface area contributed by atoms with Gasteiger partial charge in [0.25, 0.3) is 0 Å². The van der Waals surface area contributed by atoms with Crippen LogP contribution in [0.3, 0.4) is 0 Å². The first kappa shape index (κ1) is 14.2. The zero-order valence-corrected chi connectivity index (χ0v) is 11.9. The van der Waals surface area contributed by atoms with E-state index in [4.69, 9.17) is 0 Å². The molecule has 1 amide bonds. The van der Waals surface area contributed by atoms with Gasteiger partial charge in [0.15, 0.2) is 0 Å². The predicted molar refractivity (Wildman–Crippen MR) is 74.6 cm³/mol. The number of benzene rings is 1. The number of hydrogen-bond donors (Lipinski definition) is 0. The smallest absolute Gasteiger partial charge is 0.244 e. The minimum Gasteiger partial charge on any atom is -0.340 e. The molecule has 106 valence electrons. The second-order valence-electron chi connectivity index (χ2n) is 4.93. The van der Waals surface area contributed by atoms with Crippen LogP contribution in [0, 0.1) is 19.7 Å². The molecule has 4 nitrogen and oxygen atoms in total. The average molecular weight is 275 g/mol. The molecule has 0 aliphatic rings. The standard InChI is InChI=1S/C15H18FN3O/c1-11-8-12(2)19(17-11)10-15(20)18(3)9-13-6-4-5-7-14(13)16/h4-8H,9-10H2,1-3H3. The Kier molecular flexibility index (Phi) is 4.17. The fraction of sp³-hybridized carbons (Fsp3) is 0.333. The maximum Gasteiger partial charge on any atom is 0.244 e.